The van der Waals surface area contributed by atoms with Gasteiger partial charge in [0.05, 0.1) is 16.8 Å². The average Bonchev–Trinajstić information content (AvgIpc) is 2.88. The lowest BCUT2D eigenvalue weighted by molar-refractivity contribution is -0.116. The molecule has 1 heterocycles. The van der Waals surface area contributed by atoms with Gasteiger partial charge in [0, 0.05) is 5.69 Å². The minimum atomic E-state index is -0.0423. The van der Waals surface area contributed by atoms with Gasteiger partial charge in [-0.05, 0) is 37.4 Å². The maximum Gasteiger partial charge on any atom is 0.244 e. The molecule has 0 atom stereocenters. The molecule has 0 fully saturated rings. The summed E-state index contributed by atoms with van der Waals surface area (Å²) in [5.74, 6) is 1.67. The van der Waals surface area contributed by atoms with E-state index < -0.39 is 0 Å². The molecule has 23 heavy (non-hydrogen) atoms. The number of hydrogen-bond donors (Lipinski definition) is 1. The summed E-state index contributed by atoms with van der Waals surface area (Å²) >= 11 is 1.70. The number of thioether (sulfide) groups is 1. The fraction of sp³-hybridized carbons (Fsp3) is 0.222. The van der Waals surface area contributed by atoms with Crippen molar-refractivity contribution in [2.45, 2.75) is 19.2 Å². The number of nitrogens with zero attached hydrogens (tertiary/aromatic N) is 2. The third-order valence-corrected chi connectivity index (χ3v) is 4.19. The first-order valence-electron chi connectivity index (χ1n) is 7.47. The molecule has 0 saturated heterocycles. The molecule has 118 valence electrons. The summed E-state index contributed by atoms with van der Waals surface area (Å²) in [4.78, 5) is 17.0. The van der Waals surface area contributed by atoms with Gasteiger partial charge in [-0.3, -0.25) is 4.79 Å². The molecule has 3 rings (SSSR count). The van der Waals surface area contributed by atoms with Crippen molar-refractivity contribution in [2.75, 3.05) is 11.6 Å². The topological polar surface area (TPSA) is 46.9 Å². The highest BCUT2D eigenvalue weighted by molar-refractivity contribution is 7.97. The number of carbonyl (C=O) groups is 1. The maximum absolute atomic E-state index is 12.4. The minimum Gasteiger partial charge on any atom is -0.325 e. The second-order valence-corrected chi connectivity index (χ2v) is 6.32. The number of imidazole rings is 1. The molecular formula is C18H19N3OS. The molecular weight excluding hydrogens is 306 g/mol. The lowest BCUT2D eigenvalue weighted by Gasteiger charge is -2.10. The number of carbonyl (C=O) groups excluding carboxylic acids is 1. The van der Waals surface area contributed by atoms with Gasteiger partial charge in [0.25, 0.3) is 0 Å². The van der Waals surface area contributed by atoms with Crippen LogP contribution in [0, 0.1) is 6.92 Å². The van der Waals surface area contributed by atoms with E-state index >= 15 is 0 Å². The number of hydrogen-bond acceptors (Lipinski definition) is 3. The Morgan fingerprint density at radius 2 is 1.91 bits per heavy atom. The van der Waals surface area contributed by atoms with E-state index in [4.69, 9.17) is 0 Å². The normalized spacial score (nSPS) is 10.9. The van der Waals surface area contributed by atoms with Crippen molar-refractivity contribution in [3.05, 3.63) is 59.9 Å². The lowest BCUT2D eigenvalue weighted by Crippen LogP contribution is -2.20. The predicted molar refractivity (Wildman–Crippen MR) is 96.8 cm³/mol. The molecule has 0 radical (unpaired) electrons. The summed E-state index contributed by atoms with van der Waals surface area (Å²) in [6.07, 6.45) is 2.04. The first-order chi connectivity index (χ1) is 11.2. The van der Waals surface area contributed by atoms with Crippen LogP contribution >= 0.6 is 11.8 Å². The van der Waals surface area contributed by atoms with E-state index in [-0.39, 0.29) is 12.5 Å². The van der Waals surface area contributed by atoms with Gasteiger partial charge in [-0.1, -0.05) is 29.8 Å². The fourth-order valence-corrected chi connectivity index (χ4v) is 3.00. The van der Waals surface area contributed by atoms with Crippen molar-refractivity contribution in [3.63, 3.8) is 0 Å². The molecule has 0 aliphatic heterocycles. The van der Waals surface area contributed by atoms with Gasteiger partial charge in [0.1, 0.15) is 12.4 Å². The quantitative estimate of drug-likeness (QED) is 0.775. The van der Waals surface area contributed by atoms with Crippen LogP contribution in [0.25, 0.3) is 11.0 Å². The van der Waals surface area contributed by atoms with Crippen LogP contribution in [0.15, 0.2) is 48.5 Å². The molecule has 4 nitrogen and oxygen atoms in total. The number of aryl methyl sites for hydroxylation is 1. The summed E-state index contributed by atoms with van der Waals surface area (Å²) in [5, 5.41) is 2.95. The van der Waals surface area contributed by atoms with Gasteiger partial charge < -0.3 is 9.88 Å². The molecule has 2 aromatic carbocycles. The Hall–Kier alpha value is -2.27. The first kappa shape index (κ1) is 15.6. The van der Waals surface area contributed by atoms with Crippen LogP contribution in [0.1, 0.15) is 11.4 Å². The number of rotatable bonds is 5. The largest absolute Gasteiger partial charge is 0.325 e. The number of fused-ring (bicyclic) bond motifs is 1. The summed E-state index contributed by atoms with van der Waals surface area (Å²) in [6, 6.07) is 15.7. The molecule has 5 heteroatoms. The third kappa shape index (κ3) is 3.56. The van der Waals surface area contributed by atoms with Crippen molar-refractivity contribution >= 4 is 34.4 Å². The Balaban J connectivity index is 1.83. The Morgan fingerprint density at radius 1 is 1.17 bits per heavy atom. The Morgan fingerprint density at radius 3 is 2.65 bits per heavy atom. The van der Waals surface area contributed by atoms with Crippen molar-refractivity contribution < 1.29 is 4.79 Å². The number of nitrogens with one attached hydrogen (secondary N) is 1. The van der Waals surface area contributed by atoms with Gasteiger partial charge in [0.15, 0.2) is 0 Å². The van der Waals surface area contributed by atoms with Crippen molar-refractivity contribution in [2.24, 2.45) is 0 Å². The third-order valence-electron chi connectivity index (χ3n) is 3.64. The first-order valence-corrected chi connectivity index (χ1v) is 8.86. The molecule has 0 aliphatic carbocycles. The summed E-state index contributed by atoms with van der Waals surface area (Å²) in [7, 11) is 0. The molecule has 1 N–H and O–H groups in total. The molecule has 0 aliphatic rings. The number of anilines is 1. The summed E-state index contributed by atoms with van der Waals surface area (Å²) in [6.45, 7) is 2.29. The fourth-order valence-electron chi connectivity index (χ4n) is 2.52. The van der Waals surface area contributed by atoms with Crippen molar-refractivity contribution in [1.29, 1.82) is 0 Å². The second kappa shape index (κ2) is 6.87. The van der Waals surface area contributed by atoms with Crippen LogP contribution in [0.3, 0.4) is 0 Å². The summed E-state index contributed by atoms with van der Waals surface area (Å²) < 4.78 is 2.00. The Bertz CT molecular complexity index is 824. The van der Waals surface area contributed by atoms with E-state index in [1.165, 1.54) is 5.56 Å². The van der Waals surface area contributed by atoms with Crippen molar-refractivity contribution in [1.82, 2.24) is 9.55 Å². The molecule has 3 aromatic rings. The minimum absolute atomic E-state index is 0.0423. The zero-order chi connectivity index (χ0) is 16.2. The van der Waals surface area contributed by atoms with Crippen LogP contribution in [0.5, 0.6) is 0 Å². The second-order valence-electron chi connectivity index (χ2n) is 5.45. The number of aromatic nitrogens is 2. The Kier molecular flexibility index (Phi) is 4.67. The van der Waals surface area contributed by atoms with E-state index in [2.05, 4.69) is 10.3 Å². The Labute approximate surface area is 139 Å². The molecule has 0 spiro atoms. The number of para-hydroxylation sites is 2. The zero-order valence-corrected chi connectivity index (χ0v) is 14.1. The van der Waals surface area contributed by atoms with Crippen LogP contribution in [0.2, 0.25) is 0 Å². The van der Waals surface area contributed by atoms with Gasteiger partial charge in [-0.25, -0.2) is 4.98 Å². The monoisotopic (exact) mass is 325 g/mol. The van der Waals surface area contributed by atoms with Crippen LogP contribution < -0.4 is 5.32 Å². The van der Waals surface area contributed by atoms with Gasteiger partial charge >= 0.3 is 0 Å². The van der Waals surface area contributed by atoms with Gasteiger partial charge in [-0.2, -0.15) is 11.8 Å². The highest BCUT2D eigenvalue weighted by Crippen LogP contribution is 2.19. The van der Waals surface area contributed by atoms with E-state index in [9.17, 15) is 4.79 Å². The van der Waals surface area contributed by atoms with Crippen LogP contribution in [0.4, 0.5) is 5.69 Å². The standard InChI is InChI=1S/C18H19N3OS/c1-13-7-9-14(10-8-13)19-18(22)11-21-16-6-4-3-5-15(16)20-17(21)12-23-2/h3-10H,11-12H2,1-2H3,(H,19,22). The highest BCUT2D eigenvalue weighted by atomic mass is 32.2. The van der Waals surface area contributed by atoms with E-state index in [0.717, 1.165) is 28.3 Å². The van der Waals surface area contributed by atoms with Gasteiger partial charge in [-0.15, -0.1) is 0 Å². The average molecular weight is 325 g/mol. The molecule has 0 bridgehead atoms. The van der Waals surface area contributed by atoms with Crippen molar-refractivity contribution in [3.8, 4) is 0 Å². The SMILES string of the molecule is CSCc1nc2ccccc2n1CC(=O)Nc1ccc(C)cc1. The van der Waals surface area contributed by atoms with E-state index in [1.54, 1.807) is 11.8 Å². The van der Waals surface area contributed by atoms with E-state index in [1.807, 2.05) is 66.3 Å². The van der Waals surface area contributed by atoms with Gasteiger partial charge in [0.2, 0.25) is 5.91 Å². The highest BCUT2D eigenvalue weighted by Gasteiger charge is 2.13. The smallest absolute Gasteiger partial charge is 0.244 e. The maximum atomic E-state index is 12.4. The number of amides is 1. The number of benzene rings is 2. The summed E-state index contributed by atoms with van der Waals surface area (Å²) in [5.41, 5.74) is 3.91. The van der Waals surface area contributed by atoms with Crippen LogP contribution in [-0.4, -0.2) is 21.7 Å². The zero-order valence-electron chi connectivity index (χ0n) is 13.2. The molecule has 1 amide bonds. The lowest BCUT2D eigenvalue weighted by atomic mass is 10.2. The predicted octanol–water partition coefficient (Wildman–Crippen LogP) is 3.85. The molecule has 0 unspecified atom stereocenters. The molecule has 1 aromatic heterocycles. The van der Waals surface area contributed by atoms with E-state index in [0.29, 0.717) is 0 Å². The van der Waals surface area contributed by atoms with Crippen LogP contribution in [-0.2, 0) is 17.1 Å². The molecule has 0 saturated carbocycles.